The number of nitro benzene ring substituents is 1. The molecule has 0 aliphatic heterocycles. The number of nitrogens with zero attached hydrogens (tertiary/aromatic N) is 3. The van der Waals surface area contributed by atoms with Gasteiger partial charge in [-0.3, -0.25) is 15.5 Å². The van der Waals surface area contributed by atoms with Crippen LogP contribution in [0.15, 0.2) is 46.9 Å². The summed E-state index contributed by atoms with van der Waals surface area (Å²) in [5, 5.41) is 17.8. The number of methoxy groups -OCH3 is 3. The molecule has 0 fully saturated rings. The van der Waals surface area contributed by atoms with E-state index in [4.69, 9.17) is 14.2 Å². The first-order valence-corrected chi connectivity index (χ1v) is 9.23. The number of rotatable bonds is 8. The number of hydrazone groups is 1. The number of para-hydroxylation sites is 1. The first kappa shape index (κ1) is 20.1. The van der Waals surface area contributed by atoms with Crippen molar-refractivity contribution in [3.63, 3.8) is 0 Å². The number of nitrogens with one attached hydrogen (secondary N) is 1. The standard InChI is InChI=1S/C19H18N4O5S/c1-26-16-7-5-4-6-13(16)14-11-29-19(21-14)22-20-10-12-8-15(23(24)25)18(28-3)9-17(12)27-2/h4-11H,1-3H3,(H,21,22)/b20-10-. The second-order valence-electron chi connectivity index (χ2n) is 5.63. The Balaban J connectivity index is 1.81. The van der Waals surface area contributed by atoms with Crippen molar-refractivity contribution >= 4 is 28.4 Å². The number of nitro groups is 1. The highest BCUT2D eigenvalue weighted by molar-refractivity contribution is 7.14. The van der Waals surface area contributed by atoms with Crippen molar-refractivity contribution < 1.29 is 19.1 Å². The highest BCUT2D eigenvalue weighted by Gasteiger charge is 2.19. The van der Waals surface area contributed by atoms with Gasteiger partial charge in [0.1, 0.15) is 11.5 Å². The largest absolute Gasteiger partial charge is 0.496 e. The molecule has 3 aromatic rings. The lowest BCUT2D eigenvalue weighted by atomic mass is 10.1. The van der Waals surface area contributed by atoms with Gasteiger partial charge in [-0.15, -0.1) is 11.3 Å². The molecular weight excluding hydrogens is 396 g/mol. The molecule has 0 radical (unpaired) electrons. The van der Waals surface area contributed by atoms with E-state index in [1.165, 1.54) is 43.9 Å². The Morgan fingerprint density at radius 2 is 1.83 bits per heavy atom. The summed E-state index contributed by atoms with van der Waals surface area (Å²) in [6.45, 7) is 0. The van der Waals surface area contributed by atoms with E-state index in [1.807, 2.05) is 29.6 Å². The maximum atomic E-state index is 11.2. The predicted octanol–water partition coefficient (Wildman–Crippen LogP) is 4.19. The molecule has 2 aromatic carbocycles. The molecule has 10 heteroatoms. The van der Waals surface area contributed by atoms with Crippen molar-refractivity contribution in [2.45, 2.75) is 0 Å². The minimum atomic E-state index is -0.524. The molecular formula is C19H18N4O5S. The van der Waals surface area contributed by atoms with E-state index in [1.54, 1.807) is 7.11 Å². The summed E-state index contributed by atoms with van der Waals surface area (Å²) in [7, 11) is 4.43. The fraction of sp³-hybridized carbons (Fsp3) is 0.158. The number of thiazole rings is 1. The zero-order valence-electron chi connectivity index (χ0n) is 15.9. The third-order valence-corrected chi connectivity index (χ3v) is 4.73. The summed E-state index contributed by atoms with van der Waals surface area (Å²) in [5.41, 5.74) is 4.70. The molecule has 150 valence electrons. The van der Waals surface area contributed by atoms with Crippen LogP contribution in [-0.2, 0) is 0 Å². The lowest BCUT2D eigenvalue weighted by Crippen LogP contribution is -1.99. The zero-order valence-corrected chi connectivity index (χ0v) is 16.7. The van der Waals surface area contributed by atoms with Gasteiger partial charge in [-0.1, -0.05) is 12.1 Å². The van der Waals surface area contributed by atoms with Crippen molar-refractivity contribution in [3.8, 4) is 28.5 Å². The lowest BCUT2D eigenvalue weighted by Gasteiger charge is -2.08. The number of benzene rings is 2. The first-order valence-electron chi connectivity index (χ1n) is 8.35. The van der Waals surface area contributed by atoms with E-state index in [0.717, 1.165) is 17.0 Å². The molecule has 0 aliphatic rings. The van der Waals surface area contributed by atoms with Crippen molar-refractivity contribution in [1.82, 2.24) is 4.98 Å². The molecule has 0 saturated carbocycles. The number of hydrogen-bond acceptors (Lipinski definition) is 9. The topological polar surface area (TPSA) is 108 Å². The van der Waals surface area contributed by atoms with Crippen LogP contribution < -0.4 is 19.6 Å². The average Bonchev–Trinajstić information content (AvgIpc) is 3.21. The van der Waals surface area contributed by atoms with Gasteiger partial charge in [0.25, 0.3) is 0 Å². The smallest absolute Gasteiger partial charge is 0.311 e. The molecule has 0 amide bonds. The van der Waals surface area contributed by atoms with Crippen LogP contribution in [-0.4, -0.2) is 37.5 Å². The Labute approximate surface area is 170 Å². The molecule has 0 atom stereocenters. The van der Waals surface area contributed by atoms with Gasteiger partial charge in [0.2, 0.25) is 10.9 Å². The van der Waals surface area contributed by atoms with Crippen LogP contribution >= 0.6 is 11.3 Å². The average molecular weight is 414 g/mol. The van der Waals surface area contributed by atoms with Gasteiger partial charge in [0.15, 0.2) is 0 Å². The van der Waals surface area contributed by atoms with Crippen LogP contribution in [0, 0.1) is 10.1 Å². The van der Waals surface area contributed by atoms with E-state index in [0.29, 0.717) is 16.4 Å². The maximum absolute atomic E-state index is 11.2. The van der Waals surface area contributed by atoms with Gasteiger partial charge in [0.05, 0.1) is 38.2 Å². The normalized spacial score (nSPS) is 10.7. The molecule has 9 nitrogen and oxygen atoms in total. The highest BCUT2D eigenvalue weighted by atomic mass is 32.1. The van der Waals surface area contributed by atoms with Crippen LogP contribution in [0.25, 0.3) is 11.3 Å². The van der Waals surface area contributed by atoms with Crippen LogP contribution in [0.5, 0.6) is 17.2 Å². The molecule has 0 spiro atoms. The Bertz CT molecular complexity index is 1050. The van der Waals surface area contributed by atoms with Crippen molar-refractivity contribution in [2.24, 2.45) is 5.10 Å². The van der Waals surface area contributed by atoms with E-state index >= 15 is 0 Å². The molecule has 29 heavy (non-hydrogen) atoms. The monoisotopic (exact) mass is 414 g/mol. The van der Waals surface area contributed by atoms with Crippen LogP contribution in [0.2, 0.25) is 0 Å². The molecule has 0 aliphatic carbocycles. The lowest BCUT2D eigenvalue weighted by molar-refractivity contribution is -0.385. The molecule has 0 unspecified atom stereocenters. The predicted molar refractivity (Wildman–Crippen MR) is 112 cm³/mol. The third kappa shape index (κ3) is 4.43. The maximum Gasteiger partial charge on any atom is 0.311 e. The van der Waals surface area contributed by atoms with E-state index in [9.17, 15) is 10.1 Å². The van der Waals surface area contributed by atoms with Gasteiger partial charge in [-0.05, 0) is 12.1 Å². The van der Waals surface area contributed by atoms with Gasteiger partial charge < -0.3 is 14.2 Å². The Morgan fingerprint density at radius 1 is 1.10 bits per heavy atom. The fourth-order valence-electron chi connectivity index (χ4n) is 2.61. The third-order valence-electron chi connectivity index (χ3n) is 3.98. The molecule has 1 N–H and O–H groups in total. The molecule has 1 heterocycles. The molecule has 0 saturated heterocycles. The molecule has 3 rings (SSSR count). The van der Waals surface area contributed by atoms with Crippen molar-refractivity contribution in [1.29, 1.82) is 0 Å². The Morgan fingerprint density at radius 3 is 2.52 bits per heavy atom. The van der Waals surface area contributed by atoms with Gasteiger partial charge in [0, 0.05) is 28.6 Å². The minimum Gasteiger partial charge on any atom is -0.496 e. The van der Waals surface area contributed by atoms with Gasteiger partial charge >= 0.3 is 5.69 Å². The number of hydrogen-bond donors (Lipinski definition) is 1. The zero-order chi connectivity index (χ0) is 20.8. The fourth-order valence-corrected chi connectivity index (χ4v) is 3.27. The van der Waals surface area contributed by atoms with Gasteiger partial charge in [-0.2, -0.15) is 5.10 Å². The van der Waals surface area contributed by atoms with E-state index in [-0.39, 0.29) is 11.4 Å². The number of aromatic nitrogens is 1. The Hall–Kier alpha value is -3.66. The second-order valence-corrected chi connectivity index (χ2v) is 6.49. The Kier molecular flexibility index (Phi) is 6.25. The minimum absolute atomic E-state index is 0.110. The van der Waals surface area contributed by atoms with Crippen LogP contribution in [0.1, 0.15) is 5.56 Å². The van der Waals surface area contributed by atoms with Gasteiger partial charge in [-0.25, -0.2) is 4.98 Å². The summed E-state index contributed by atoms with van der Waals surface area (Å²) in [6, 6.07) is 10.4. The molecule has 1 aromatic heterocycles. The van der Waals surface area contributed by atoms with Crippen LogP contribution in [0.3, 0.4) is 0 Å². The van der Waals surface area contributed by atoms with E-state index in [2.05, 4.69) is 15.5 Å². The summed E-state index contributed by atoms with van der Waals surface area (Å²) in [6.07, 6.45) is 1.43. The van der Waals surface area contributed by atoms with Crippen molar-refractivity contribution in [2.75, 3.05) is 26.8 Å². The second kappa shape index (κ2) is 9.02. The summed E-state index contributed by atoms with van der Waals surface area (Å²) < 4.78 is 15.7. The number of ether oxygens (including phenoxy) is 3. The quantitative estimate of drug-likeness (QED) is 0.334. The summed E-state index contributed by atoms with van der Waals surface area (Å²) >= 11 is 1.37. The van der Waals surface area contributed by atoms with Crippen LogP contribution in [0.4, 0.5) is 10.8 Å². The number of anilines is 1. The highest BCUT2D eigenvalue weighted by Crippen LogP contribution is 2.34. The van der Waals surface area contributed by atoms with E-state index < -0.39 is 4.92 Å². The summed E-state index contributed by atoms with van der Waals surface area (Å²) in [4.78, 5) is 15.2. The SMILES string of the molecule is COc1cc(OC)c([N+](=O)[O-])cc1/C=N\Nc1nc(-c2ccccc2OC)cs1. The first-order chi connectivity index (χ1) is 14.1. The molecule has 0 bridgehead atoms. The van der Waals surface area contributed by atoms with Crippen molar-refractivity contribution in [3.05, 3.63) is 57.5 Å². The summed E-state index contributed by atoms with van der Waals surface area (Å²) in [5.74, 6) is 1.23.